The van der Waals surface area contributed by atoms with Crippen molar-refractivity contribution in [2.24, 2.45) is 5.84 Å². The zero-order valence-corrected chi connectivity index (χ0v) is 11.5. The van der Waals surface area contributed by atoms with Crippen LogP contribution in [-0.2, 0) is 0 Å². The predicted molar refractivity (Wildman–Crippen MR) is 77.2 cm³/mol. The van der Waals surface area contributed by atoms with E-state index in [0.29, 0.717) is 11.4 Å². The average molecular weight is 267 g/mol. The highest BCUT2D eigenvalue weighted by molar-refractivity contribution is 5.63. The van der Waals surface area contributed by atoms with Crippen LogP contribution in [0.15, 0.2) is 18.2 Å². The SMILES string of the molecule is CC(CCN(C)C)Nc1cc(NN)cc([N+](=O)[O-])c1. The number of rotatable bonds is 7. The van der Waals surface area contributed by atoms with Crippen molar-refractivity contribution in [3.8, 4) is 0 Å². The zero-order chi connectivity index (χ0) is 14.4. The van der Waals surface area contributed by atoms with Crippen molar-refractivity contribution in [1.82, 2.24) is 4.90 Å². The number of nitrogens with one attached hydrogen (secondary N) is 2. The number of nitrogens with zero attached hydrogens (tertiary/aromatic N) is 2. The van der Waals surface area contributed by atoms with Gasteiger partial charge >= 0.3 is 0 Å². The summed E-state index contributed by atoms with van der Waals surface area (Å²) in [7, 11) is 4.02. The Labute approximate surface area is 112 Å². The predicted octanol–water partition coefficient (Wildman–Crippen LogP) is 1.63. The summed E-state index contributed by atoms with van der Waals surface area (Å²) < 4.78 is 0. The number of benzene rings is 1. The molecule has 0 radical (unpaired) electrons. The van der Waals surface area contributed by atoms with Crippen LogP contribution in [0.4, 0.5) is 17.1 Å². The van der Waals surface area contributed by atoms with E-state index in [-0.39, 0.29) is 11.7 Å². The Balaban J connectivity index is 2.76. The second-order valence-electron chi connectivity index (χ2n) is 4.81. The number of hydrazine groups is 1. The van der Waals surface area contributed by atoms with Gasteiger partial charge in [0.15, 0.2) is 0 Å². The first-order valence-electron chi connectivity index (χ1n) is 6.09. The zero-order valence-electron chi connectivity index (χ0n) is 11.5. The summed E-state index contributed by atoms with van der Waals surface area (Å²) in [5.74, 6) is 5.31. The van der Waals surface area contributed by atoms with E-state index in [1.165, 1.54) is 12.1 Å². The number of nitrogens with two attached hydrogens (primary N) is 1. The second kappa shape index (κ2) is 6.91. The molecule has 1 unspecified atom stereocenters. The third-order valence-corrected chi connectivity index (χ3v) is 2.72. The molecule has 0 saturated carbocycles. The molecular weight excluding hydrogens is 246 g/mol. The molecule has 0 aliphatic rings. The molecule has 7 heteroatoms. The number of hydrogen-bond donors (Lipinski definition) is 3. The van der Waals surface area contributed by atoms with Crippen LogP contribution in [0.25, 0.3) is 0 Å². The molecule has 0 fully saturated rings. The third kappa shape index (κ3) is 5.11. The second-order valence-corrected chi connectivity index (χ2v) is 4.81. The summed E-state index contributed by atoms with van der Waals surface area (Å²) in [4.78, 5) is 12.5. The lowest BCUT2D eigenvalue weighted by Gasteiger charge is -2.18. The van der Waals surface area contributed by atoms with Crippen LogP contribution in [0.5, 0.6) is 0 Å². The number of nitro benzene ring substituents is 1. The monoisotopic (exact) mass is 267 g/mol. The van der Waals surface area contributed by atoms with Gasteiger partial charge in [-0.05, 0) is 40.1 Å². The standard InChI is InChI=1S/C12H21N5O2/c1-9(4-5-16(2)3)14-10-6-11(15-13)8-12(7-10)17(18)19/h6-9,14-15H,4-5,13H2,1-3H3. The van der Waals surface area contributed by atoms with Gasteiger partial charge in [-0.15, -0.1) is 0 Å². The molecule has 1 aromatic rings. The van der Waals surface area contributed by atoms with E-state index in [0.717, 1.165) is 13.0 Å². The summed E-state index contributed by atoms with van der Waals surface area (Å²) >= 11 is 0. The summed E-state index contributed by atoms with van der Waals surface area (Å²) in [5, 5.41) is 14.1. The fourth-order valence-electron chi connectivity index (χ4n) is 1.69. The van der Waals surface area contributed by atoms with Crippen molar-refractivity contribution >= 4 is 17.1 Å². The lowest BCUT2D eigenvalue weighted by Crippen LogP contribution is -2.23. The quantitative estimate of drug-likeness (QED) is 0.395. The Morgan fingerprint density at radius 1 is 1.37 bits per heavy atom. The molecule has 0 aliphatic carbocycles. The lowest BCUT2D eigenvalue weighted by atomic mass is 10.2. The normalized spacial score (nSPS) is 12.3. The Bertz CT molecular complexity index is 436. The molecule has 0 spiro atoms. The molecule has 19 heavy (non-hydrogen) atoms. The molecule has 1 rings (SSSR count). The van der Waals surface area contributed by atoms with Crippen molar-refractivity contribution in [2.45, 2.75) is 19.4 Å². The topological polar surface area (TPSA) is 96.5 Å². The third-order valence-electron chi connectivity index (χ3n) is 2.72. The first-order chi connectivity index (χ1) is 8.92. The van der Waals surface area contributed by atoms with Gasteiger partial charge in [0.2, 0.25) is 0 Å². The average Bonchev–Trinajstić information content (AvgIpc) is 2.35. The Morgan fingerprint density at radius 3 is 2.53 bits per heavy atom. The van der Waals surface area contributed by atoms with Crippen molar-refractivity contribution in [2.75, 3.05) is 31.4 Å². The highest BCUT2D eigenvalue weighted by Gasteiger charge is 2.11. The smallest absolute Gasteiger partial charge is 0.273 e. The summed E-state index contributed by atoms with van der Waals surface area (Å²) in [6.45, 7) is 2.99. The number of non-ortho nitro benzene ring substituents is 1. The maximum absolute atomic E-state index is 10.8. The lowest BCUT2D eigenvalue weighted by molar-refractivity contribution is -0.384. The van der Waals surface area contributed by atoms with E-state index >= 15 is 0 Å². The first kappa shape index (κ1) is 15.2. The summed E-state index contributed by atoms with van der Waals surface area (Å²) in [6.07, 6.45) is 0.946. The van der Waals surface area contributed by atoms with Gasteiger partial charge in [0.25, 0.3) is 5.69 Å². The fourth-order valence-corrected chi connectivity index (χ4v) is 1.69. The molecule has 0 heterocycles. The Morgan fingerprint density at radius 2 is 2.00 bits per heavy atom. The Hall–Kier alpha value is -1.86. The molecule has 0 aromatic heterocycles. The van der Waals surface area contributed by atoms with Crippen LogP contribution in [0.2, 0.25) is 0 Å². The maximum Gasteiger partial charge on any atom is 0.273 e. The van der Waals surface area contributed by atoms with Crippen LogP contribution >= 0.6 is 0 Å². The largest absolute Gasteiger partial charge is 0.382 e. The molecule has 0 bridgehead atoms. The highest BCUT2D eigenvalue weighted by Crippen LogP contribution is 2.24. The molecule has 0 aliphatic heterocycles. The van der Waals surface area contributed by atoms with Crippen LogP contribution in [0.3, 0.4) is 0 Å². The van der Waals surface area contributed by atoms with Gasteiger partial charge in [0.05, 0.1) is 10.6 Å². The molecule has 7 nitrogen and oxygen atoms in total. The molecule has 4 N–H and O–H groups in total. The van der Waals surface area contributed by atoms with E-state index in [1.54, 1.807) is 6.07 Å². The number of nitrogen functional groups attached to an aromatic ring is 1. The number of hydrogen-bond acceptors (Lipinski definition) is 6. The van der Waals surface area contributed by atoms with Gasteiger partial charge in [0.1, 0.15) is 0 Å². The fraction of sp³-hybridized carbons (Fsp3) is 0.500. The molecule has 0 saturated heterocycles. The van der Waals surface area contributed by atoms with E-state index < -0.39 is 4.92 Å². The summed E-state index contributed by atoms with van der Waals surface area (Å²) in [5.41, 5.74) is 3.64. The van der Waals surface area contributed by atoms with Crippen molar-refractivity contribution in [1.29, 1.82) is 0 Å². The van der Waals surface area contributed by atoms with Gasteiger partial charge in [-0.1, -0.05) is 0 Å². The van der Waals surface area contributed by atoms with Crippen LogP contribution in [0, 0.1) is 10.1 Å². The Kier molecular flexibility index (Phi) is 5.53. The van der Waals surface area contributed by atoms with Crippen molar-refractivity contribution in [3.63, 3.8) is 0 Å². The summed E-state index contributed by atoms with van der Waals surface area (Å²) in [6, 6.07) is 4.87. The first-order valence-corrected chi connectivity index (χ1v) is 6.09. The van der Waals surface area contributed by atoms with Crippen LogP contribution < -0.4 is 16.6 Å². The van der Waals surface area contributed by atoms with Gasteiger partial charge in [-0.2, -0.15) is 0 Å². The van der Waals surface area contributed by atoms with E-state index in [9.17, 15) is 10.1 Å². The minimum Gasteiger partial charge on any atom is -0.382 e. The molecule has 0 amide bonds. The van der Waals surface area contributed by atoms with Crippen molar-refractivity contribution < 1.29 is 4.92 Å². The van der Waals surface area contributed by atoms with Gasteiger partial charge in [-0.3, -0.25) is 16.0 Å². The van der Waals surface area contributed by atoms with Crippen molar-refractivity contribution in [3.05, 3.63) is 28.3 Å². The minimum atomic E-state index is -0.434. The number of anilines is 2. The molecule has 1 atom stereocenters. The molecule has 106 valence electrons. The van der Waals surface area contributed by atoms with E-state index in [2.05, 4.69) is 15.6 Å². The molecule has 1 aromatic carbocycles. The maximum atomic E-state index is 10.8. The van der Waals surface area contributed by atoms with Gasteiger partial charge in [0, 0.05) is 23.9 Å². The van der Waals surface area contributed by atoms with E-state index in [4.69, 9.17) is 5.84 Å². The van der Waals surface area contributed by atoms with Crippen LogP contribution in [-0.4, -0.2) is 36.5 Å². The van der Waals surface area contributed by atoms with Gasteiger partial charge < -0.3 is 15.6 Å². The number of nitro groups is 1. The van der Waals surface area contributed by atoms with E-state index in [1.807, 2.05) is 21.0 Å². The van der Waals surface area contributed by atoms with Crippen LogP contribution in [0.1, 0.15) is 13.3 Å². The highest BCUT2D eigenvalue weighted by atomic mass is 16.6. The minimum absolute atomic E-state index is 0.0118. The molecular formula is C12H21N5O2. The van der Waals surface area contributed by atoms with Gasteiger partial charge in [-0.25, -0.2) is 0 Å².